The smallest absolute Gasteiger partial charge is 0.195 e. The third-order valence-corrected chi connectivity index (χ3v) is 1.73. The Balaban J connectivity index is 2.92. The van der Waals surface area contributed by atoms with E-state index in [-0.39, 0.29) is 10.9 Å². The molecule has 1 aromatic carbocycles. The second-order valence-electron chi connectivity index (χ2n) is 2.56. The second-order valence-corrected chi connectivity index (χ2v) is 2.56. The molecule has 0 saturated carbocycles. The zero-order chi connectivity index (χ0) is 9.59. The monoisotopic (exact) mass is 189 g/mol. The Morgan fingerprint density at radius 3 is 2.31 bits per heavy atom. The first kappa shape index (κ1) is 8.10. The number of halogens is 4. The highest BCUT2D eigenvalue weighted by molar-refractivity contribution is 5.80. The molecule has 0 atom stereocenters. The molecule has 0 bridgehead atoms. The molecule has 2 aromatic rings. The molecule has 13 heavy (non-hydrogen) atoms. The van der Waals surface area contributed by atoms with Crippen molar-refractivity contribution in [1.82, 2.24) is 4.98 Å². The molecule has 0 fully saturated rings. The Labute approximate surface area is 70.0 Å². The van der Waals surface area contributed by atoms with E-state index < -0.39 is 23.4 Å². The molecule has 0 amide bonds. The lowest BCUT2D eigenvalue weighted by Gasteiger charge is -1.95. The summed E-state index contributed by atoms with van der Waals surface area (Å²) < 4.78 is 50.5. The first-order valence-corrected chi connectivity index (χ1v) is 3.41. The minimum absolute atomic E-state index is 0.103. The van der Waals surface area contributed by atoms with Gasteiger partial charge in [0, 0.05) is 17.5 Å². The average Bonchev–Trinajstić information content (AvgIpc) is 2.42. The van der Waals surface area contributed by atoms with Crippen LogP contribution in [0.4, 0.5) is 17.6 Å². The van der Waals surface area contributed by atoms with Crippen LogP contribution in [0.5, 0.6) is 0 Å². The molecule has 0 aliphatic heterocycles. The van der Waals surface area contributed by atoms with Gasteiger partial charge in [-0.05, 0) is 0 Å². The van der Waals surface area contributed by atoms with E-state index in [0.717, 1.165) is 6.07 Å². The third kappa shape index (κ3) is 1.07. The summed E-state index contributed by atoms with van der Waals surface area (Å²) in [7, 11) is 0. The Hall–Kier alpha value is -1.52. The van der Waals surface area contributed by atoms with E-state index in [9.17, 15) is 17.6 Å². The van der Waals surface area contributed by atoms with Crippen molar-refractivity contribution in [3.8, 4) is 0 Å². The Kier molecular flexibility index (Phi) is 1.55. The van der Waals surface area contributed by atoms with Gasteiger partial charge in [0.1, 0.15) is 0 Å². The van der Waals surface area contributed by atoms with E-state index in [1.807, 2.05) is 0 Å². The number of fused-ring (bicyclic) bond motifs is 1. The van der Waals surface area contributed by atoms with Crippen molar-refractivity contribution in [2.45, 2.75) is 0 Å². The van der Waals surface area contributed by atoms with Gasteiger partial charge in [-0.2, -0.15) is 4.39 Å². The van der Waals surface area contributed by atoms with Gasteiger partial charge in [0.2, 0.25) is 0 Å². The van der Waals surface area contributed by atoms with Crippen molar-refractivity contribution in [2.75, 3.05) is 0 Å². The number of benzene rings is 1. The van der Waals surface area contributed by atoms with Crippen LogP contribution in [0.3, 0.4) is 0 Å². The van der Waals surface area contributed by atoms with Crippen LogP contribution in [0.15, 0.2) is 12.1 Å². The number of H-pyrrole nitrogens is 1. The third-order valence-electron chi connectivity index (χ3n) is 1.73. The molecule has 68 valence electrons. The Morgan fingerprint density at radius 1 is 0.923 bits per heavy atom. The van der Waals surface area contributed by atoms with Gasteiger partial charge >= 0.3 is 0 Å². The highest BCUT2D eigenvalue weighted by Gasteiger charge is 2.15. The number of rotatable bonds is 0. The van der Waals surface area contributed by atoms with E-state index >= 15 is 0 Å². The van der Waals surface area contributed by atoms with Gasteiger partial charge in [0.25, 0.3) is 0 Å². The number of aromatic amines is 1. The fraction of sp³-hybridized carbons (Fsp3) is 0. The summed E-state index contributed by atoms with van der Waals surface area (Å²) in [6.45, 7) is 0. The topological polar surface area (TPSA) is 15.8 Å². The summed E-state index contributed by atoms with van der Waals surface area (Å²) in [6, 6.07) is 1.48. The molecule has 0 saturated heterocycles. The summed E-state index contributed by atoms with van der Waals surface area (Å²) in [5, 5.41) is -0.295. The number of aromatic nitrogens is 1. The highest BCUT2D eigenvalue weighted by atomic mass is 19.2. The minimum atomic E-state index is -1.59. The first-order chi connectivity index (χ1) is 6.09. The first-order valence-electron chi connectivity index (χ1n) is 3.41. The van der Waals surface area contributed by atoms with Crippen LogP contribution in [0, 0.1) is 23.4 Å². The molecule has 0 radical (unpaired) electrons. The van der Waals surface area contributed by atoms with Gasteiger partial charge in [-0.1, -0.05) is 0 Å². The van der Waals surface area contributed by atoms with Gasteiger partial charge in [-0.25, -0.2) is 13.2 Å². The minimum Gasteiger partial charge on any atom is -0.331 e. The van der Waals surface area contributed by atoms with Crippen LogP contribution >= 0.6 is 0 Å². The molecule has 0 spiro atoms. The largest absolute Gasteiger partial charge is 0.331 e. The summed E-state index contributed by atoms with van der Waals surface area (Å²) >= 11 is 0. The van der Waals surface area contributed by atoms with Gasteiger partial charge in [-0.3, -0.25) is 0 Å². The summed E-state index contributed by atoms with van der Waals surface area (Å²) in [5.41, 5.74) is -0.103. The van der Waals surface area contributed by atoms with E-state index in [1.54, 1.807) is 0 Å². The van der Waals surface area contributed by atoms with E-state index in [2.05, 4.69) is 4.98 Å². The van der Waals surface area contributed by atoms with Crippen LogP contribution in [0.1, 0.15) is 0 Å². The molecule has 0 aliphatic rings. The van der Waals surface area contributed by atoms with Gasteiger partial charge < -0.3 is 4.98 Å². The molecule has 0 unspecified atom stereocenters. The maximum absolute atomic E-state index is 12.9. The highest BCUT2D eigenvalue weighted by Crippen LogP contribution is 2.22. The fourth-order valence-electron chi connectivity index (χ4n) is 1.15. The van der Waals surface area contributed by atoms with Crippen LogP contribution in [-0.2, 0) is 0 Å². The Morgan fingerprint density at radius 2 is 1.62 bits per heavy atom. The van der Waals surface area contributed by atoms with E-state index in [1.165, 1.54) is 0 Å². The molecular formula is C8H3F4N. The molecule has 0 aliphatic carbocycles. The van der Waals surface area contributed by atoms with Crippen molar-refractivity contribution in [1.29, 1.82) is 0 Å². The van der Waals surface area contributed by atoms with Crippen LogP contribution in [-0.4, -0.2) is 4.98 Å². The predicted molar refractivity (Wildman–Crippen MR) is 38.1 cm³/mol. The molecular weight excluding hydrogens is 186 g/mol. The van der Waals surface area contributed by atoms with E-state index in [4.69, 9.17) is 0 Å². The molecule has 5 heteroatoms. The SMILES string of the molecule is Fc1cc2c(F)c(F)c(F)cc2[nH]1. The quantitative estimate of drug-likeness (QED) is 0.484. The molecule has 1 nitrogen and oxygen atoms in total. The molecule has 1 heterocycles. The lowest BCUT2D eigenvalue weighted by Crippen LogP contribution is -1.90. The van der Waals surface area contributed by atoms with Crippen molar-refractivity contribution in [3.63, 3.8) is 0 Å². The van der Waals surface area contributed by atoms with Crippen LogP contribution in [0.25, 0.3) is 10.9 Å². The number of hydrogen-bond acceptors (Lipinski definition) is 0. The summed E-state index contributed by atoms with van der Waals surface area (Å²) in [4.78, 5) is 2.05. The van der Waals surface area contributed by atoms with Crippen LogP contribution in [0.2, 0.25) is 0 Å². The molecule has 2 rings (SSSR count). The number of hydrogen-bond donors (Lipinski definition) is 1. The van der Waals surface area contributed by atoms with Crippen molar-refractivity contribution in [3.05, 3.63) is 35.5 Å². The second kappa shape index (κ2) is 2.48. The van der Waals surface area contributed by atoms with Gasteiger partial charge in [-0.15, -0.1) is 0 Å². The van der Waals surface area contributed by atoms with Crippen LogP contribution < -0.4 is 0 Å². The standard InChI is InChI=1S/C8H3F4N/c9-4-2-5-3(1-6(10)13-5)7(11)8(4)12/h1-2,13H. The zero-order valence-corrected chi connectivity index (χ0v) is 6.17. The zero-order valence-electron chi connectivity index (χ0n) is 6.17. The predicted octanol–water partition coefficient (Wildman–Crippen LogP) is 2.72. The maximum atomic E-state index is 12.9. The molecule has 1 aromatic heterocycles. The van der Waals surface area contributed by atoms with Crippen molar-refractivity contribution in [2.24, 2.45) is 0 Å². The lowest BCUT2D eigenvalue weighted by molar-refractivity contribution is 0.453. The van der Waals surface area contributed by atoms with E-state index in [0.29, 0.717) is 6.07 Å². The molecule has 1 N–H and O–H groups in total. The van der Waals surface area contributed by atoms with Gasteiger partial charge in [0.15, 0.2) is 23.4 Å². The summed E-state index contributed by atoms with van der Waals surface area (Å²) in [5.74, 6) is -5.15. The van der Waals surface area contributed by atoms with Gasteiger partial charge in [0.05, 0.1) is 5.52 Å². The summed E-state index contributed by atoms with van der Waals surface area (Å²) in [6.07, 6.45) is 0. The van der Waals surface area contributed by atoms with Crippen molar-refractivity contribution >= 4 is 10.9 Å². The van der Waals surface area contributed by atoms with Crippen molar-refractivity contribution < 1.29 is 17.6 Å². The number of nitrogens with one attached hydrogen (secondary N) is 1. The fourth-order valence-corrected chi connectivity index (χ4v) is 1.15. The maximum Gasteiger partial charge on any atom is 0.195 e. The normalized spacial score (nSPS) is 11.1. The average molecular weight is 189 g/mol. The Bertz CT molecular complexity index is 474. The lowest BCUT2D eigenvalue weighted by atomic mass is 10.2.